The molecule has 0 bridgehead atoms. The predicted molar refractivity (Wildman–Crippen MR) is 94.7 cm³/mol. The van der Waals surface area contributed by atoms with Crippen molar-refractivity contribution < 1.29 is 24.5 Å². The first-order valence-corrected chi connectivity index (χ1v) is 7.68. The second kappa shape index (κ2) is 6.05. The van der Waals surface area contributed by atoms with E-state index in [0.717, 1.165) is 5.57 Å². The van der Waals surface area contributed by atoms with Crippen molar-refractivity contribution in [3.8, 4) is 23.0 Å². The van der Waals surface area contributed by atoms with Crippen molar-refractivity contribution in [2.45, 2.75) is 20.3 Å². The van der Waals surface area contributed by atoms with Crippen molar-refractivity contribution >= 4 is 21.9 Å². The summed E-state index contributed by atoms with van der Waals surface area (Å²) in [7, 11) is 1.34. The summed E-state index contributed by atoms with van der Waals surface area (Å²) in [4.78, 5) is 12.8. The summed E-state index contributed by atoms with van der Waals surface area (Å²) in [6.45, 7) is 3.80. The molecule has 6 heteroatoms. The maximum Gasteiger partial charge on any atom is 0.204 e. The van der Waals surface area contributed by atoms with Crippen molar-refractivity contribution in [3.63, 3.8) is 0 Å². The van der Waals surface area contributed by atoms with Gasteiger partial charge in [-0.05, 0) is 32.4 Å². The van der Waals surface area contributed by atoms with Gasteiger partial charge >= 0.3 is 0 Å². The minimum Gasteiger partial charge on any atom is -0.507 e. The molecule has 3 aromatic rings. The Morgan fingerprint density at radius 1 is 1.20 bits per heavy atom. The first-order chi connectivity index (χ1) is 11.8. The van der Waals surface area contributed by atoms with E-state index in [9.17, 15) is 20.1 Å². The molecule has 6 nitrogen and oxygen atoms in total. The Labute approximate surface area is 143 Å². The molecule has 0 aliphatic carbocycles. The van der Waals surface area contributed by atoms with Crippen LogP contribution >= 0.6 is 0 Å². The van der Waals surface area contributed by atoms with E-state index in [2.05, 4.69) is 0 Å². The number of hydrogen-bond acceptors (Lipinski definition) is 6. The molecule has 3 rings (SSSR count). The molecule has 0 aliphatic heterocycles. The van der Waals surface area contributed by atoms with E-state index in [4.69, 9.17) is 9.15 Å². The highest BCUT2D eigenvalue weighted by Gasteiger charge is 2.20. The van der Waals surface area contributed by atoms with Gasteiger partial charge in [0.25, 0.3) is 0 Å². The molecule has 2 aromatic carbocycles. The minimum atomic E-state index is -0.467. The first kappa shape index (κ1) is 16.7. The van der Waals surface area contributed by atoms with Crippen molar-refractivity contribution in [1.29, 1.82) is 0 Å². The molecule has 1 aromatic heterocycles. The van der Waals surface area contributed by atoms with Gasteiger partial charge in [0.1, 0.15) is 22.5 Å². The van der Waals surface area contributed by atoms with Crippen LogP contribution in [0.2, 0.25) is 0 Å². The van der Waals surface area contributed by atoms with Crippen LogP contribution in [-0.4, -0.2) is 22.4 Å². The quantitative estimate of drug-likeness (QED) is 0.497. The van der Waals surface area contributed by atoms with E-state index < -0.39 is 5.43 Å². The van der Waals surface area contributed by atoms with Crippen molar-refractivity contribution in [1.82, 2.24) is 0 Å². The summed E-state index contributed by atoms with van der Waals surface area (Å²) in [6, 6.07) is 4.01. The number of methoxy groups -OCH3 is 1. The van der Waals surface area contributed by atoms with Gasteiger partial charge in [-0.3, -0.25) is 4.79 Å². The average molecular weight is 342 g/mol. The molecule has 0 fully saturated rings. The number of phenols is 3. The van der Waals surface area contributed by atoms with Gasteiger partial charge < -0.3 is 24.5 Å². The summed E-state index contributed by atoms with van der Waals surface area (Å²) in [5.41, 5.74) is 0.870. The molecule has 0 saturated heterocycles. The third-order valence-corrected chi connectivity index (χ3v) is 4.04. The fourth-order valence-electron chi connectivity index (χ4n) is 2.75. The van der Waals surface area contributed by atoms with Crippen LogP contribution in [0, 0.1) is 0 Å². The maximum absolute atomic E-state index is 12.8. The fraction of sp³-hybridized carbons (Fsp3) is 0.211. The number of ether oxygens (including phenoxy) is 1. The number of allylic oxidation sites excluding steroid dienone is 2. The molecule has 0 unspecified atom stereocenters. The van der Waals surface area contributed by atoms with E-state index in [1.54, 1.807) is 0 Å². The van der Waals surface area contributed by atoms with Crippen LogP contribution in [0.4, 0.5) is 0 Å². The lowest BCUT2D eigenvalue weighted by Gasteiger charge is -2.11. The molecule has 130 valence electrons. The van der Waals surface area contributed by atoms with E-state index in [1.165, 1.54) is 25.3 Å². The highest BCUT2D eigenvalue weighted by atomic mass is 16.5. The van der Waals surface area contributed by atoms with E-state index in [1.807, 2.05) is 19.9 Å². The zero-order valence-electron chi connectivity index (χ0n) is 14.1. The highest BCUT2D eigenvalue weighted by Crippen LogP contribution is 2.39. The normalized spacial score (nSPS) is 11.0. The number of fused-ring (bicyclic) bond motifs is 2. The maximum atomic E-state index is 12.8. The Morgan fingerprint density at radius 3 is 2.56 bits per heavy atom. The number of phenolic OH excluding ortho intramolecular Hbond substituents is 3. The predicted octanol–water partition coefficient (Wildman–Crippen LogP) is 3.58. The molecule has 25 heavy (non-hydrogen) atoms. The van der Waals surface area contributed by atoms with Crippen molar-refractivity contribution in [2.24, 2.45) is 0 Å². The third-order valence-electron chi connectivity index (χ3n) is 4.04. The standard InChI is InChI=1S/C19H18O6/c1-9(2)4-5-10-13(21)8-14-15(16(10)22)17(23)11-6-7-12(20)19(24-3)18(11)25-14/h4,6-8,20-22H,5H2,1-3H3. The minimum absolute atomic E-state index is 0.0114. The number of hydrogen-bond donors (Lipinski definition) is 3. The monoisotopic (exact) mass is 342 g/mol. The molecular weight excluding hydrogens is 324 g/mol. The average Bonchev–Trinajstić information content (AvgIpc) is 2.53. The fourth-order valence-corrected chi connectivity index (χ4v) is 2.75. The van der Waals surface area contributed by atoms with Crippen LogP contribution < -0.4 is 10.2 Å². The van der Waals surface area contributed by atoms with Crippen LogP contribution in [0.25, 0.3) is 21.9 Å². The lowest BCUT2D eigenvalue weighted by molar-refractivity contribution is 0.371. The van der Waals surface area contributed by atoms with Gasteiger partial charge in [0.2, 0.25) is 11.2 Å². The number of rotatable bonds is 3. The zero-order chi connectivity index (χ0) is 18.3. The Balaban J connectivity index is 2.42. The summed E-state index contributed by atoms with van der Waals surface area (Å²) in [5, 5.41) is 30.7. The third kappa shape index (κ3) is 2.65. The molecule has 0 spiro atoms. The molecule has 0 saturated carbocycles. The molecule has 0 atom stereocenters. The van der Waals surface area contributed by atoms with E-state index in [0.29, 0.717) is 0 Å². The smallest absolute Gasteiger partial charge is 0.204 e. The van der Waals surface area contributed by atoms with E-state index >= 15 is 0 Å². The highest BCUT2D eigenvalue weighted by molar-refractivity contribution is 5.97. The zero-order valence-corrected chi connectivity index (χ0v) is 14.1. The lowest BCUT2D eigenvalue weighted by atomic mass is 10.0. The van der Waals surface area contributed by atoms with Crippen LogP contribution in [0.5, 0.6) is 23.0 Å². The summed E-state index contributed by atoms with van der Waals surface area (Å²) >= 11 is 0. The molecule has 3 N–H and O–H groups in total. The molecular formula is C19H18O6. The lowest BCUT2D eigenvalue weighted by Crippen LogP contribution is -2.04. The van der Waals surface area contributed by atoms with Gasteiger partial charge in [0, 0.05) is 11.6 Å². The van der Waals surface area contributed by atoms with Crippen LogP contribution in [0.1, 0.15) is 19.4 Å². The number of benzene rings is 2. The van der Waals surface area contributed by atoms with Crippen molar-refractivity contribution in [2.75, 3.05) is 7.11 Å². The van der Waals surface area contributed by atoms with Gasteiger partial charge in [-0.2, -0.15) is 0 Å². The van der Waals surface area contributed by atoms with Crippen LogP contribution in [-0.2, 0) is 6.42 Å². The van der Waals surface area contributed by atoms with Gasteiger partial charge in [0.15, 0.2) is 11.3 Å². The largest absolute Gasteiger partial charge is 0.507 e. The second-order valence-electron chi connectivity index (χ2n) is 6.01. The Morgan fingerprint density at radius 2 is 1.92 bits per heavy atom. The molecule has 1 heterocycles. The second-order valence-corrected chi connectivity index (χ2v) is 6.01. The Kier molecular flexibility index (Phi) is 4.04. The SMILES string of the molecule is COc1c(O)ccc2c(=O)c3c(O)c(CC=C(C)C)c(O)cc3oc12. The van der Waals surface area contributed by atoms with Gasteiger partial charge in [-0.1, -0.05) is 11.6 Å². The summed E-state index contributed by atoms with van der Waals surface area (Å²) in [6.07, 6.45) is 2.12. The van der Waals surface area contributed by atoms with Gasteiger partial charge in [-0.15, -0.1) is 0 Å². The van der Waals surface area contributed by atoms with Gasteiger partial charge in [0.05, 0.1) is 12.5 Å². The Hall–Kier alpha value is -3.15. The van der Waals surface area contributed by atoms with Gasteiger partial charge in [-0.25, -0.2) is 0 Å². The van der Waals surface area contributed by atoms with E-state index in [-0.39, 0.29) is 56.9 Å². The summed E-state index contributed by atoms with van der Waals surface area (Å²) in [5.74, 6) is -0.644. The number of aromatic hydroxyl groups is 3. The first-order valence-electron chi connectivity index (χ1n) is 7.68. The molecule has 0 radical (unpaired) electrons. The van der Waals surface area contributed by atoms with Crippen molar-refractivity contribution in [3.05, 3.63) is 45.6 Å². The summed E-state index contributed by atoms with van der Waals surface area (Å²) < 4.78 is 10.7. The van der Waals surface area contributed by atoms with Crippen LogP contribution in [0.3, 0.4) is 0 Å². The Bertz CT molecular complexity index is 1070. The molecule has 0 aliphatic rings. The molecule has 0 amide bonds. The van der Waals surface area contributed by atoms with Crippen LogP contribution in [0.15, 0.2) is 39.1 Å². The topological polar surface area (TPSA) is 100 Å².